The summed E-state index contributed by atoms with van der Waals surface area (Å²) in [6.45, 7) is 6.32. The van der Waals surface area contributed by atoms with Crippen LogP contribution in [-0.2, 0) is 10.8 Å². The van der Waals surface area contributed by atoms with Crippen LogP contribution in [0.3, 0.4) is 0 Å². The second kappa shape index (κ2) is 18.5. The largest absolute Gasteiger partial charge is 0.508 e. The van der Waals surface area contributed by atoms with Crippen LogP contribution < -0.4 is 22.6 Å². The third-order valence-electron chi connectivity index (χ3n) is 14.3. The van der Waals surface area contributed by atoms with E-state index in [4.69, 9.17) is 17.3 Å². The van der Waals surface area contributed by atoms with Crippen LogP contribution in [0.5, 0.6) is 34.5 Å². The van der Waals surface area contributed by atoms with Gasteiger partial charge in [0.2, 0.25) is 0 Å². The predicted molar refractivity (Wildman–Crippen MR) is 296 cm³/mol. The van der Waals surface area contributed by atoms with E-state index in [1.807, 2.05) is 49.5 Å². The van der Waals surface area contributed by atoms with Gasteiger partial charge in [-0.3, -0.25) is 0 Å². The molecule has 0 saturated heterocycles. The van der Waals surface area contributed by atoms with Gasteiger partial charge in [0.1, 0.15) is 34.5 Å². The molecule has 10 aromatic carbocycles. The van der Waals surface area contributed by atoms with Crippen molar-refractivity contribution in [2.75, 3.05) is 7.05 Å². The molecular weight excluding hydrogens is 927 g/mol. The monoisotopic (exact) mass is 977 g/mol. The molecule has 1 atom stereocenters. The number of nitrogens with one attached hydrogen (secondary N) is 1. The summed E-state index contributed by atoms with van der Waals surface area (Å²) in [5.41, 5.74) is 12.9. The minimum absolute atomic E-state index is 0.141. The molecule has 0 saturated carbocycles. The second-order valence-electron chi connectivity index (χ2n) is 18.6. The Labute approximate surface area is 429 Å². The Morgan fingerprint density at radius 2 is 0.875 bits per heavy atom. The highest BCUT2D eigenvalue weighted by molar-refractivity contribution is 7.95. The molecule has 1 heterocycles. The van der Waals surface area contributed by atoms with Crippen LogP contribution in [0.15, 0.2) is 206 Å². The fourth-order valence-electron chi connectivity index (χ4n) is 11.3. The molecule has 6 nitrogen and oxygen atoms in total. The zero-order chi connectivity index (χ0) is 49.0. The number of ether oxygens (including phenoxy) is 1. The molecule has 13 rings (SSSR count). The first kappa shape index (κ1) is 45.5. The lowest BCUT2D eigenvalue weighted by Crippen LogP contribution is -2.32. The van der Waals surface area contributed by atoms with E-state index in [1.54, 1.807) is 12.1 Å². The minimum Gasteiger partial charge on any atom is -0.508 e. The predicted octanol–water partition coefficient (Wildman–Crippen LogP) is 16.6. The van der Waals surface area contributed by atoms with Crippen molar-refractivity contribution in [3.05, 3.63) is 251 Å². The highest BCUT2D eigenvalue weighted by Gasteiger charge is 2.52. The number of benzene rings is 10. The first-order valence-electron chi connectivity index (χ1n) is 24.5. The zero-order valence-corrected chi connectivity index (χ0v) is 41.9. The van der Waals surface area contributed by atoms with Gasteiger partial charge in [-0.15, -0.1) is 0 Å². The smallest absolute Gasteiger partial charge is 0.293 e. The third-order valence-corrected chi connectivity index (χ3v) is 15.7. The number of fused-ring (bicyclic) bond motifs is 16. The molecule has 10 aromatic rings. The maximum atomic E-state index is 10.3. The number of rotatable bonds is 10. The van der Waals surface area contributed by atoms with E-state index in [1.165, 1.54) is 63.0 Å². The molecular formula is C64H51NO5S2. The van der Waals surface area contributed by atoms with Gasteiger partial charge in [0.05, 0.1) is 28.2 Å². The Morgan fingerprint density at radius 3 is 1.35 bits per heavy atom. The molecule has 2 aliphatic carbocycles. The van der Waals surface area contributed by atoms with Gasteiger partial charge in [-0.05, 0) is 141 Å². The summed E-state index contributed by atoms with van der Waals surface area (Å²) in [4.78, 5) is 0. The van der Waals surface area contributed by atoms with Gasteiger partial charge >= 0.3 is 0 Å². The van der Waals surface area contributed by atoms with Crippen molar-refractivity contribution in [2.24, 2.45) is 0 Å². The van der Waals surface area contributed by atoms with E-state index < -0.39 is 10.8 Å². The molecule has 1 spiro atoms. The number of aromatic hydroxyl groups is 1. The Hall–Kier alpha value is -7.62. The molecule has 1 unspecified atom stereocenters. The van der Waals surface area contributed by atoms with Gasteiger partial charge < -0.3 is 27.7 Å². The Bertz CT molecular complexity index is 3590. The molecule has 0 fully saturated rings. The minimum atomic E-state index is -0.617. The second-order valence-corrected chi connectivity index (χ2v) is 20.1. The summed E-state index contributed by atoms with van der Waals surface area (Å²) in [6, 6.07) is 71.9. The van der Waals surface area contributed by atoms with E-state index in [2.05, 4.69) is 178 Å². The van der Waals surface area contributed by atoms with Crippen molar-refractivity contribution < 1.29 is 22.4 Å². The topological polar surface area (TPSA) is 69.2 Å². The highest BCUT2D eigenvalue weighted by atomic mass is 32.2. The molecule has 354 valence electrons. The van der Waals surface area contributed by atoms with Crippen LogP contribution in [0.4, 0.5) is 0 Å². The van der Waals surface area contributed by atoms with Crippen molar-refractivity contribution in [2.45, 2.75) is 43.4 Å². The summed E-state index contributed by atoms with van der Waals surface area (Å²) in [6.07, 6.45) is 1.25. The van der Waals surface area contributed by atoms with E-state index in [9.17, 15) is 5.11 Å². The van der Waals surface area contributed by atoms with Gasteiger partial charge in [-0.2, -0.15) is 0 Å². The quantitative estimate of drug-likeness (QED) is 0.104. The zero-order valence-electron chi connectivity index (χ0n) is 40.3. The average molecular weight is 978 g/mol. The van der Waals surface area contributed by atoms with Crippen molar-refractivity contribution in [1.82, 2.24) is 5.32 Å². The molecule has 8 heteroatoms. The SMILES string of the molecule is CCC.CNC(C)SOc1ccc2c3c(ccc2c1)C1(c2ccccc2-c2ccccc21)c1ccc2cc(OSOc4ccc(C5(c6ccc(O)cc6)c6ccccc6-c6ccccc65)cc4)ccc2c1O3. The van der Waals surface area contributed by atoms with Crippen LogP contribution in [0, 0.1) is 0 Å². The van der Waals surface area contributed by atoms with Crippen molar-refractivity contribution in [1.29, 1.82) is 0 Å². The lowest BCUT2D eigenvalue weighted by atomic mass is 9.65. The Morgan fingerprint density at radius 1 is 0.472 bits per heavy atom. The van der Waals surface area contributed by atoms with Crippen molar-refractivity contribution >= 4 is 45.9 Å². The van der Waals surface area contributed by atoms with Crippen LogP contribution in [0.25, 0.3) is 43.8 Å². The summed E-state index contributed by atoms with van der Waals surface area (Å²) < 4.78 is 25.8. The van der Waals surface area contributed by atoms with E-state index in [0.717, 1.165) is 73.4 Å². The molecule has 1 aliphatic heterocycles. The lowest BCUT2D eigenvalue weighted by molar-refractivity contribution is 0.447. The van der Waals surface area contributed by atoms with Gasteiger partial charge in [0.25, 0.3) is 12.3 Å². The average Bonchev–Trinajstić information content (AvgIpc) is 3.90. The molecule has 3 aliphatic rings. The Kier molecular flexibility index (Phi) is 11.7. The van der Waals surface area contributed by atoms with Crippen molar-refractivity contribution in [3.8, 4) is 56.8 Å². The summed E-state index contributed by atoms with van der Waals surface area (Å²) in [5, 5.41) is 17.7. The summed E-state index contributed by atoms with van der Waals surface area (Å²) in [5.74, 6) is 4.00. The third kappa shape index (κ3) is 7.14. The maximum absolute atomic E-state index is 10.3. The molecule has 2 N–H and O–H groups in total. The standard InChI is InChI=1S/C61H43NO5S2.C3H8/c1-37(62-2)68-65-44-29-31-46-38(35-44)19-33-56-58(46)64-59-47-32-30-45(36-39(47)20-34-57(59)61(56)54-17-9-5-13-50(54)51-14-6-10-18-55(51)61)67-69-66-43-27-23-41(24-28-43)60(40-21-25-42(63)26-22-40)52-15-7-3-11-48(52)49-12-4-8-16-53(49)60;1-3-2/h3-37,62-63H,1-2H3;3H2,1-2H3. The molecule has 0 bridgehead atoms. The molecule has 72 heavy (non-hydrogen) atoms. The maximum Gasteiger partial charge on any atom is 0.293 e. The van der Waals surface area contributed by atoms with Crippen LogP contribution in [-0.4, -0.2) is 17.5 Å². The summed E-state index contributed by atoms with van der Waals surface area (Å²) in [7, 11) is 1.93. The Balaban J connectivity index is 0.00000173. The van der Waals surface area contributed by atoms with Crippen molar-refractivity contribution in [3.63, 3.8) is 0 Å². The summed E-state index contributed by atoms with van der Waals surface area (Å²) >= 11 is 2.33. The normalized spacial score (nSPS) is 14.1. The number of hydrogen-bond donors (Lipinski definition) is 2. The number of phenols is 1. The van der Waals surface area contributed by atoms with Gasteiger partial charge in [-0.25, -0.2) is 0 Å². The molecule has 0 aromatic heterocycles. The van der Waals surface area contributed by atoms with Crippen LogP contribution in [0.2, 0.25) is 0 Å². The van der Waals surface area contributed by atoms with E-state index >= 15 is 0 Å². The highest BCUT2D eigenvalue weighted by Crippen LogP contribution is 2.64. The van der Waals surface area contributed by atoms with Crippen LogP contribution >= 0.6 is 24.4 Å². The van der Waals surface area contributed by atoms with E-state index in [-0.39, 0.29) is 11.1 Å². The number of phenolic OH excluding ortho intramolecular Hbond substituents is 1. The van der Waals surface area contributed by atoms with Crippen LogP contribution in [0.1, 0.15) is 71.7 Å². The molecule has 0 amide bonds. The first-order valence-corrected chi connectivity index (χ1v) is 26.0. The van der Waals surface area contributed by atoms with Gasteiger partial charge in [-0.1, -0.05) is 166 Å². The van der Waals surface area contributed by atoms with Gasteiger partial charge in [0.15, 0.2) is 0 Å². The fraction of sp³-hybridized carbons (Fsp3) is 0.125. The van der Waals surface area contributed by atoms with E-state index in [0.29, 0.717) is 11.5 Å². The molecule has 0 radical (unpaired) electrons. The lowest BCUT2D eigenvalue weighted by Gasteiger charge is -2.40. The first-order chi connectivity index (χ1) is 35.4. The fourth-order valence-corrected chi connectivity index (χ4v) is 12.2. The number of hydrogen-bond acceptors (Lipinski definition) is 8. The van der Waals surface area contributed by atoms with Gasteiger partial charge in [0, 0.05) is 21.9 Å².